The maximum Gasteiger partial charge on any atom is 0.230 e. The van der Waals surface area contributed by atoms with Gasteiger partial charge in [0.2, 0.25) is 11.7 Å². The molecular weight excluding hydrogens is 465 g/mol. The lowest BCUT2D eigenvalue weighted by Gasteiger charge is -2.10. The molecule has 0 amide bonds. The van der Waals surface area contributed by atoms with Gasteiger partial charge in [-0.25, -0.2) is 9.37 Å². The minimum atomic E-state index is -0.438. The molecule has 11 heteroatoms. The van der Waals surface area contributed by atoms with Crippen LogP contribution in [-0.2, 0) is 13.2 Å². The number of ether oxygens (including phenoxy) is 2. The first kappa shape index (κ1) is 20.8. The van der Waals surface area contributed by atoms with E-state index in [1.807, 2.05) is 27.3 Å². The van der Waals surface area contributed by atoms with E-state index < -0.39 is 5.82 Å². The Morgan fingerprint density at radius 3 is 2.86 bits per heavy atom. The predicted molar refractivity (Wildman–Crippen MR) is 124 cm³/mol. The molecule has 0 unspecified atom stereocenters. The minimum absolute atomic E-state index is 0.0325. The van der Waals surface area contributed by atoms with Gasteiger partial charge in [0.05, 0.1) is 25.0 Å². The first-order chi connectivity index (χ1) is 17.7. The monoisotopic (exact) mass is 485 g/mol. The molecule has 2 aromatic carbocycles. The summed E-state index contributed by atoms with van der Waals surface area (Å²) in [6.45, 7) is 0.405. The molecular formula is C25H20FN7O3. The van der Waals surface area contributed by atoms with Crippen molar-refractivity contribution in [1.82, 2.24) is 34.5 Å². The van der Waals surface area contributed by atoms with Crippen LogP contribution in [0.15, 0.2) is 53.3 Å². The number of hydrogen-bond acceptors (Lipinski definition) is 8. The van der Waals surface area contributed by atoms with Crippen LogP contribution in [0.2, 0.25) is 0 Å². The Kier molecular flexibility index (Phi) is 4.63. The van der Waals surface area contributed by atoms with E-state index in [0.717, 1.165) is 29.8 Å². The van der Waals surface area contributed by atoms with Crippen LogP contribution in [0, 0.1) is 5.82 Å². The highest BCUT2D eigenvalue weighted by molar-refractivity contribution is 5.72. The number of methoxy groups -OCH3 is 1. The summed E-state index contributed by atoms with van der Waals surface area (Å²) in [6, 6.07) is 12.0. The molecule has 0 spiro atoms. The molecule has 180 valence electrons. The number of para-hydroxylation sites is 1. The van der Waals surface area contributed by atoms with E-state index >= 15 is 0 Å². The van der Waals surface area contributed by atoms with Crippen molar-refractivity contribution in [3.63, 3.8) is 0 Å². The highest BCUT2D eigenvalue weighted by atomic mass is 19.1. The molecule has 0 saturated heterocycles. The fourth-order valence-corrected chi connectivity index (χ4v) is 4.44. The van der Waals surface area contributed by atoms with Crippen LogP contribution in [0.5, 0.6) is 11.5 Å². The molecule has 5 aromatic rings. The minimum Gasteiger partial charge on any atom is -0.497 e. The SMILES string of the molecule is COc1ccc2c(c1)-c1nnc(COc3ccccc3F)n1Cc1c(-c3noc(C4CC4)n3)ncn1-2. The molecule has 3 aromatic heterocycles. The van der Waals surface area contributed by atoms with Crippen LogP contribution >= 0.6 is 0 Å². The van der Waals surface area contributed by atoms with Gasteiger partial charge >= 0.3 is 0 Å². The van der Waals surface area contributed by atoms with Crippen LogP contribution < -0.4 is 9.47 Å². The van der Waals surface area contributed by atoms with E-state index in [9.17, 15) is 4.39 Å². The molecule has 36 heavy (non-hydrogen) atoms. The third kappa shape index (κ3) is 3.35. The van der Waals surface area contributed by atoms with Crippen LogP contribution in [-0.4, -0.2) is 41.6 Å². The molecule has 0 atom stereocenters. The summed E-state index contributed by atoms with van der Waals surface area (Å²) in [5.41, 5.74) is 3.14. The number of fused-ring (bicyclic) bond motifs is 5. The first-order valence-corrected chi connectivity index (χ1v) is 11.6. The van der Waals surface area contributed by atoms with Gasteiger partial charge in [0.1, 0.15) is 24.4 Å². The number of nitrogens with zero attached hydrogens (tertiary/aromatic N) is 7. The summed E-state index contributed by atoms with van der Waals surface area (Å²) < 4.78 is 34.8. The second-order valence-corrected chi connectivity index (χ2v) is 8.77. The van der Waals surface area contributed by atoms with Gasteiger partial charge in [-0.3, -0.25) is 4.57 Å². The highest BCUT2D eigenvalue weighted by Crippen LogP contribution is 2.40. The van der Waals surface area contributed by atoms with E-state index in [0.29, 0.717) is 47.3 Å². The molecule has 2 aliphatic rings. The molecule has 1 fully saturated rings. The van der Waals surface area contributed by atoms with Gasteiger partial charge in [0.25, 0.3) is 0 Å². The van der Waals surface area contributed by atoms with E-state index in [-0.39, 0.29) is 12.4 Å². The second kappa shape index (κ2) is 8.01. The van der Waals surface area contributed by atoms with Crippen molar-refractivity contribution >= 4 is 0 Å². The number of imidazole rings is 1. The number of hydrogen-bond donors (Lipinski definition) is 0. The standard InChI is InChI=1S/C25H20FN7O3/c1-34-15-8-9-18-16(10-15)24-30-29-21(12-35-20-5-3-2-4-17(20)26)32(24)11-19-22(27-13-33(18)19)23-28-25(36-31-23)14-6-7-14/h2-5,8-10,13-14H,6-7,11-12H2,1H3. The zero-order valence-electron chi connectivity index (χ0n) is 19.3. The van der Waals surface area contributed by atoms with Crippen LogP contribution in [0.4, 0.5) is 4.39 Å². The zero-order chi connectivity index (χ0) is 24.2. The van der Waals surface area contributed by atoms with Gasteiger partial charge in [-0.2, -0.15) is 4.98 Å². The van der Waals surface area contributed by atoms with Gasteiger partial charge in [-0.05, 0) is 43.2 Å². The summed E-state index contributed by atoms with van der Waals surface area (Å²) in [7, 11) is 1.62. The smallest absolute Gasteiger partial charge is 0.230 e. The number of aromatic nitrogens is 7. The Bertz CT molecular complexity index is 1600. The van der Waals surface area contributed by atoms with Crippen molar-refractivity contribution in [3.8, 4) is 40.1 Å². The highest BCUT2D eigenvalue weighted by Gasteiger charge is 2.32. The molecule has 4 heterocycles. The Balaban J connectivity index is 1.34. The Labute approximate surface area is 204 Å². The van der Waals surface area contributed by atoms with Crippen molar-refractivity contribution in [2.24, 2.45) is 0 Å². The summed E-state index contributed by atoms with van der Waals surface area (Å²) >= 11 is 0. The van der Waals surface area contributed by atoms with Crippen molar-refractivity contribution in [1.29, 1.82) is 0 Å². The number of benzene rings is 2. The molecule has 7 rings (SSSR count). The summed E-state index contributed by atoms with van der Waals surface area (Å²) in [5.74, 6) is 3.00. The molecule has 0 bridgehead atoms. The molecule has 1 aliphatic heterocycles. The van der Waals surface area contributed by atoms with E-state index in [4.69, 9.17) is 14.0 Å². The third-order valence-electron chi connectivity index (χ3n) is 6.48. The van der Waals surface area contributed by atoms with Gasteiger partial charge in [-0.15, -0.1) is 10.2 Å². The van der Waals surface area contributed by atoms with Crippen molar-refractivity contribution in [3.05, 3.63) is 72.0 Å². The molecule has 1 aliphatic carbocycles. The maximum atomic E-state index is 14.1. The van der Waals surface area contributed by atoms with E-state index in [2.05, 4.69) is 25.3 Å². The average molecular weight is 485 g/mol. The van der Waals surface area contributed by atoms with Gasteiger partial charge < -0.3 is 18.6 Å². The number of halogens is 1. The van der Waals surface area contributed by atoms with E-state index in [1.165, 1.54) is 6.07 Å². The average Bonchev–Trinajstić information content (AvgIpc) is 3.33. The van der Waals surface area contributed by atoms with Crippen molar-refractivity contribution < 1.29 is 18.4 Å². The number of rotatable bonds is 6. The van der Waals surface area contributed by atoms with Gasteiger partial charge in [-0.1, -0.05) is 17.3 Å². The van der Waals surface area contributed by atoms with Crippen molar-refractivity contribution in [2.45, 2.75) is 31.9 Å². The lowest BCUT2D eigenvalue weighted by molar-refractivity contribution is 0.276. The maximum absolute atomic E-state index is 14.1. The largest absolute Gasteiger partial charge is 0.497 e. The Morgan fingerprint density at radius 2 is 2.03 bits per heavy atom. The fraction of sp³-hybridized carbons (Fsp3) is 0.240. The third-order valence-corrected chi connectivity index (χ3v) is 6.48. The summed E-state index contributed by atoms with van der Waals surface area (Å²) in [5, 5.41) is 13.1. The molecule has 0 N–H and O–H groups in total. The van der Waals surface area contributed by atoms with Crippen LogP contribution in [0.3, 0.4) is 0 Å². The molecule has 10 nitrogen and oxygen atoms in total. The molecule has 0 radical (unpaired) electrons. The lowest BCUT2D eigenvalue weighted by atomic mass is 10.1. The normalized spacial score (nSPS) is 14.1. The van der Waals surface area contributed by atoms with Gasteiger partial charge in [0, 0.05) is 11.5 Å². The Hall–Kier alpha value is -4.54. The topological polar surface area (TPSA) is 106 Å². The second-order valence-electron chi connectivity index (χ2n) is 8.77. The summed E-state index contributed by atoms with van der Waals surface area (Å²) in [4.78, 5) is 9.26. The van der Waals surface area contributed by atoms with Crippen LogP contribution in [0.1, 0.15) is 36.2 Å². The van der Waals surface area contributed by atoms with E-state index in [1.54, 1.807) is 31.6 Å². The van der Waals surface area contributed by atoms with Gasteiger partial charge in [0.15, 0.2) is 23.2 Å². The zero-order valence-corrected chi connectivity index (χ0v) is 19.3. The fourth-order valence-electron chi connectivity index (χ4n) is 4.44. The first-order valence-electron chi connectivity index (χ1n) is 11.6. The predicted octanol–water partition coefficient (Wildman–Crippen LogP) is 4.15. The lowest BCUT2D eigenvalue weighted by Crippen LogP contribution is -2.11. The summed E-state index contributed by atoms with van der Waals surface area (Å²) in [6.07, 6.45) is 3.87. The van der Waals surface area contributed by atoms with Crippen LogP contribution in [0.25, 0.3) is 28.6 Å². The van der Waals surface area contributed by atoms with Crippen molar-refractivity contribution in [2.75, 3.05) is 7.11 Å². The molecule has 1 saturated carbocycles. The Morgan fingerprint density at radius 1 is 1.14 bits per heavy atom. The quantitative estimate of drug-likeness (QED) is 0.347.